The molecule has 162 valence electrons. The number of aromatic amines is 1. The lowest BCUT2D eigenvalue weighted by Crippen LogP contribution is -2.42. The lowest BCUT2D eigenvalue weighted by atomic mass is 10.1. The minimum absolute atomic E-state index is 0.0664. The van der Waals surface area contributed by atoms with Crippen molar-refractivity contribution in [2.75, 3.05) is 44.1 Å². The monoisotopic (exact) mass is 418 g/mol. The molecule has 0 unspecified atom stereocenters. The quantitative estimate of drug-likeness (QED) is 0.682. The van der Waals surface area contributed by atoms with E-state index in [-0.39, 0.29) is 36.1 Å². The summed E-state index contributed by atoms with van der Waals surface area (Å²) >= 11 is 0. The van der Waals surface area contributed by atoms with E-state index in [0.29, 0.717) is 31.3 Å². The number of rotatable bonds is 7. The SMILES string of the molecule is COCCN(C(=O)c1ccc2c(c1)OCCO2)c1c(N)n(CC(C)C)c(=O)[nH]c1=O. The molecule has 0 spiro atoms. The lowest BCUT2D eigenvalue weighted by molar-refractivity contribution is 0.0974. The number of hydrogen-bond acceptors (Lipinski definition) is 7. The maximum absolute atomic E-state index is 13.3. The Morgan fingerprint density at radius 3 is 2.63 bits per heavy atom. The van der Waals surface area contributed by atoms with Crippen LogP contribution in [0.4, 0.5) is 11.5 Å². The van der Waals surface area contributed by atoms with Crippen LogP contribution in [-0.4, -0.2) is 48.9 Å². The molecule has 1 amide bonds. The van der Waals surface area contributed by atoms with Crippen LogP contribution in [0.25, 0.3) is 0 Å². The Kier molecular flexibility index (Phi) is 6.46. The number of hydrogen-bond donors (Lipinski definition) is 2. The van der Waals surface area contributed by atoms with Crippen LogP contribution in [-0.2, 0) is 11.3 Å². The molecule has 1 aliphatic rings. The second-order valence-electron chi connectivity index (χ2n) is 7.31. The van der Waals surface area contributed by atoms with Crippen molar-refractivity contribution in [1.82, 2.24) is 9.55 Å². The minimum Gasteiger partial charge on any atom is -0.486 e. The first kappa shape index (κ1) is 21.4. The van der Waals surface area contributed by atoms with E-state index in [1.54, 1.807) is 18.2 Å². The summed E-state index contributed by atoms with van der Waals surface area (Å²) in [5.74, 6) is 0.551. The Labute approximate surface area is 173 Å². The molecule has 0 fully saturated rings. The first-order valence-electron chi connectivity index (χ1n) is 9.66. The van der Waals surface area contributed by atoms with Crippen LogP contribution in [0, 0.1) is 5.92 Å². The lowest BCUT2D eigenvalue weighted by Gasteiger charge is -2.25. The highest BCUT2D eigenvalue weighted by Crippen LogP contribution is 2.31. The van der Waals surface area contributed by atoms with E-state index in [2.05, 4.69) is 4.98 Å². The van der Waals surface area contributed by atoms with E-state index in [1.165, 1.54) is 16.6 Å². The maximum Gasteiger partial charge on any atom is 0.330 e. The van der Waals surface area contributed by atoms with Crippen molar-refractivity contribution in [2.24, 2.45) is 5.92 Å². The number of H-pyrrole nitrogens is 1. The van der Waals surface area contributed by atoms with Crippen molar-refractivity contribution in [1.29, 1.82) is 0 Å². The Hall–Kier alpha value is -3.27. The predicted octanol–water partition coefficient (Wildman–Crippen LogP) is 0.839. The van der Waals surface area contributed by atoms with Crippen molar-refractivity contribution < 1.29 is 19.0 Å². The van der Waals surface area contributed by atoms with Crippen LogP contribution >= 0.6 is 0 Å². The van der Waals surface area contributed by atoms with E-state index in [9.17, 15) is 14.4 Å². The Morgan fingerprint density at radius 1 is 1.27 bits per heavy atom. The number of amides is 1. The highest BCUT2D eigenvalue weighted by atomic mass is 16.6. The average molecular weight is 418 g/mol. The summed E-state index contributed by atoms with van der Waals surface area (Å²) < 4.78 is 17.4. The molecule has 10 heteroatoms. The van der Waals surface area contributed by atoms with E-state index >= 15 is 0 Å². The Bertz CT molecular complexity index is 1040. The molecule has 10 nitrogen and oxygen atoms in total. The van der Waals surface area contributed by atoms with Crippen molar-refractivity contribution in [3.05, 3.63) is 44.6 Å². The van der Waals surface area contributed by atoms with Gasteiger partial charge in [0.1, 0.15) is 19.0 Å². The van der Waals surface area contributed by atoms with Crippen LogP contribution in [0.2, 0.25) is 0 Å². The van der Waals surface area contributed by atoms with Gasteiger partial charge < -0.3 is 19.9 Å². The summed E-state index contributed by atoms with van der Waals surface area (Å²) in [5.41, 5.74) is 5.04. The number of benzene rings is 1. The number of fused-ring (bicyclic) bond motifs is 1. The summed E-state index contributed by atoms with van der Waals surface area (Å²) in [6, 6.07) is 4.79. The van der Waals surface area contributed by atoms with Gasteiger partial charge in [-0.05, 0) is 24.1 Å². The summed E-state index contributed by atoms with van der Waals surface area (Å²) in [4.78, 5) is 41.7. The third-order valence-corrected chi connectivity index (χ3v) is 4.59. The molecule has 1 aliphatic heterocycles. The van der Waals surface area contributed by atoms with Gasteiger partial charge in [0, 0.05) is 25.8 Å². The molecule has 1 aromatic carbocycles. The van der Waals surface area contributed by atoms with Crippen molar-refractivity contribution >= 4 is 17.4 Å². The van der Waals surface area contributed by atoms with Gasteiger partial charge in [-0.25, -0.2) is 4.79 Å². The van der Waals surface area contributed by atoms with Gasteiger partial charge in [0.25, 0.3) is 11.5 Å². The van der Waals surface area contributed by atoms with Gasteiger partial charge in [0.05, 0.1) is 6.61 Å². The highest BCUT2D eigenvalue weighted by molar-refractivity contribution is 6.07. The maximum atomic E-state index is 13.3. The molecule has 2 heterocycles. The fourth-order valence-corrected chi connectivity index (χ4v) is 3.21. The number of carbonyl (C=O) groups is 1. The predicted molar refractivity (Wildman–Crippen MR) is 112 cm³/mol. The topological polar surface area (TPSA) is 129 Å². The number of nitrogen functional groups attached to an aromatic ring is 1. The first-order chi connectivity index (χ1) is 14.3. The van der Waals surface area contributed by atoms with Crippen LogP contribution in [0.15, 0.2) is 27.8 Å². The zero-order chi connectivity index (χ0) is 21.8. The molecule has 2 aromatic rings. The first-order valence-corrected chi connectivity index (χ1v) is 9.66. The molecule has 0 aliphatic carbocycles. The Balaban J connectivity index is 2.07. The molecule has 3 rings (SSSR count). The molecule has 0 bridgehead atoms. The molecule has 30 heavy (non-hydrogen) atoms. The van der Waals surface area contributed by atoms with Gasteiger partial charge in [-0.3, -0.25) is 24.0 Å². The number of nitrogens with zero attached hydrogens (tertiary/aromatic N) is 2. The zero-order valence-corrected chi connectivity index (χ0v) is 17.3. The van der Waals surface area contributed by atoms with E-state index in [0.717, 1.165) is 0 Å². The van der Waals surface area contributed by atoms with Crippen molar-refractivity contribution in [2.45, 2.75) is 20.4 Å². The summed E-state index contributed by atoms with van der Waals surface area (Å²) in [7, 11) is 1.49. The average Bonchev–Trinajstić information content (AvgIpc) is 2.72. The number of anilines is 2. The summed E-state index contributed by atoms with van der Waals surface area (Å²) in [6.07, 6.45) is 0. The zero-order valence-electron chi connectivity index (χ0n) is 17.3. The van der Waals surface area contributed by atoms with Crippen molar-refractivity contribution in [3.8, 4) is 11.5 Å². The van der Waals surface area contributed by atoms with Gasteiger partial charge in [-0.15, -0.1) is 0 Å². The van der Waals surface area contributed by atoms with Crippen LogP contribution in [0.5, 0.6) is 11.5 Å². The fourth-order valence-electron chi connectivity index (χ4n) is 3.21. The second kappa shape index (κ2) is 9.04. The fraction of sp³-hybridized carbons (Fsp3) is 0.450. The number of carbonyl (C=O) groups excluding carboxylic acids is 1. The van der Waals surface area contributed by atoms with Crippen LogP contribution < -0.4 is 31.4 Å². The molecule has 0 atom stereocenters. The molecule has 0 saturated carbocycles. The van der Waals surface area contributed by atoms with Gasteiger partial charge in [-0.1, -0.05) is 13.8 Å². The molecule has 0 saturated heterocycles. The third kappa shape index (κ3) is 4.33. The smallest absolute Gasteiger partial charge is 0.330 e. The van der Waals surface area contributed by atoms with E-state index < -0.39 is 17.2 Å². The summed E-state index contributed by atoms with van der Waals surface area (Å²) in [6.45, 7) is 5.17. The Morgan fingerprint density at radius 2 is 1.97 bits per heavy atom. The van der Waals surface area contributed by atoms with E-state index in [1.807, 2.05) is 13.8 Å². The molecular formula is C20H26N4O6. The van der Waals surface area contributed by atoms with Crippen LogP contribution in [0.3, 0.4) is 0 Å². The number of nitrogens with two attached hydrogens (primary N) is 1. The normalized spacial score (nSPS) is 12.8. The van der Waals surface area contributed by atoms with Crippen molar-refractivity contribution in [3.63, 3.8) is 0 Å². The molecular weight excluding hydrogens is 392 g/mol. The van der Waals surface area contributed by atoms with Gasteiger partial charge in [0.2, 0.25) is 0 Å². The summed E-state index contributed by atoms with van der Waals surface area (Å²) in [5, 5.41) is 0. The number of ether oxygens (including phenoxy) is 3. The minimum atomic E-state index is -0.737. The van der Waals surface area contributed by atoms with Gasteiger partial charge in [-0.2, -0.15) is 0 Å². The van der Waals surface area contributed by atoms with Crippen LogP contribution in [0.1, 0.15) is 24.2 Å². The third-order valence-electron chi connectivity index (χ3n) is 4.59. The molecule has 1 aromatic heterocycles. The standard InChI is InChI=1S/C20H26N4O6/c1-12(2)11-24-17(21)16(18(25)22-20(24)27)23(6-7-28-3)19(26)13-4-5-14-15(10-13)30-9-8-29-14/h4-5,10,12H,6-9,11,21H2,1-3H3,(H,22,25,27). The largest absolute Gasteiger partial charge is 0.486 e. The highest BCUT2D eigenvalue weighted by Gasteiger charge is 2.26. The van der Waals surface area contributed by atoms with Gasteiger partial charge >= 0.3 is 5.69 Å². The van der Waals surface area contributed by atoms with E-state index in [4.69, 9.17) is 19.9 Å². The second-order valence-corrected chi connectivity index (χ2v) is 7.31. The molecule has 3 N–H and O–H groups in total. The number of nitrogens with one attached hydrogen (secondary N) is 1. The molecule has 0 radical (unpaired) electrons. The number of methoxy groups -OCH3 is 1. The number of aromatic nitrogens is 2. The van der Waals surface area contributed by atoms with Gasteiger partial charge in [0.15, 0.2) is 17.2 Å².